The van der Waals surface area contributed by atoms with Gasteiger partial charge in [0, 0.05) is 33.2 Å². The molecule has 0 aliphatic heterocycles. The molecule has 8 heteroatoms. The fourth-order valence-electron chi connectivity index (χ4n) is 3.54. The van der Waals surface area contributed by atoms with Gasteiger partial charge in [-0.3, -0.25) is 9.59 Å². The number of nitrogens with one attached hydrogen (secondary N) is 1. The van der Waals surface area contributed by atoms with Crippen molar-refractivity contribution in [3.63, 3.8) is 0 Å². The number of para-hydroxylation sites is 1. The molecule has 0 unspecified atom stereocenters. The van der Waals surface area contributed by atoms with E-state index in [0.717, 1.165) is 0 Å². The second-order valence-corrected chi connectivity index (χ2v) is 7.86. The first kappa shape index (κ1) is 21.6. The maximum absolute atomic E-state index is 13.3. The molecule has 4 aromatic rings. The zero-order valence-corrected chi connectivity index (χ0v) is 18.0. The molecule has 1 aromatic heterocycles. The lowest BCUT2D eigenvalue weighted by molar-refractivity contribution is 0.0685. The summed E-state index contributed by atoms with van der Waals surface area (Å²) >= 11 is 12.1. The molecular formula is C24H16Cl2N2O4. The van der Waals surface area contributed by atoms with Crippen LogP contribution in [0.15, 0.2) is 77.6 Å². The number of aromatic carboxylic acids is 1. The highest BCUT2D eigenvalue weighted by molar-refractivity contribution is 6.31. The van der Waals surface area contributed by atoms with Gasteiger partial charge in [0.05, 0.1) is 11.1 Å². The van der Waals surface area contributed by atoms with Crippen LogP contribution in [0.25, 0.3) is 16.6 Å². The van der Waals surface area contributed by atoms with Gasteiger partial charge in [-0.15, -0.1) is 0 Å². The Bertz CT molecular complexity index is 1420. The summed E-state index contributed by atoms with van der Waals surface area (Å²) in [6, 6.07) is 19.8. The first-order valence-corrected chi connectivity index (χ1v) is 10.3. The number of rotatable bonds is 5. The maximum Gasteiger partial charge on any atom is 0.353 e. The van der Waals surface area contributed by atoms with Crippen LogP contribution in [0.5, 0.6) is 0 Å². The van der Waals surface area contributed by atoms with Crippen LogP contribution in [0.4, 0.5) is 0 Å². The van der Waals surface area contributed by atoms with Gasteiger partial charge in [-0.2, -0.15) is 0 Å². The summed E-state index contributed by atoms with van der Waals surface area (Å²) in [6.07, 6.45) is 0. The van der Waals surface area contributed by atoms with Crippen LogP contribution in [-0.2, 0) is 6.54 Å². The monoisotopic (exact) mass is 466 g/mol. The van der Waals surface area contributed by atoms with Crippen LogP contribution in [0.2, 0.25) is 10.0 Å². The summed E-state index contributed by atoms with van der Waals surface area (Å²) in [4.78, 5) is 38.2. The number of aromatic nitrogens is 1. The number of carbonyl (C=O) groups is 2. The van der Waals surface area contributed by atoms with Crippen molar-refractivity contribution < 1.29 is 14.7 Å². The number of carbonyl (C=O) groups excluding carboxylic acids is 1. The van der Waals surface area contributed by atoms with Gasteiger partial charge >= 0.3 is 5.97 Å². The predicted octanol–water partition coefficient (Wildman–Crippen LogP) is 4.93. The summed E-state index contributed by atoms with van der Waals surface area (Å²) < 4.78 is 1.46. The van der Waals surface area contributed by atoms with Gasteiger partial charge in [-0.1, -0.05) is 47.5 Å². The average Bonchev–Trinajstić information content (AvgIpc) is 2.78. The SMILES string of the molecule is O=C(NCc1c(C(=O)O)n(-c2ccccc2)c2cc(Cl)ccc2c1=O)c1cccc(Cl)c1. The van der Waals surface area contributed by atoms with E-state index in [2.05, 4.69) is 5.32 Å². The molecule has 1 heterocycles. The number of halogens is 2. The summed E-state index contributed by atoms with van der Waals surface area (Å²) in [5.41, 5.74) is 0.405. The number of nitrogens with zero attached hydrogens (tertiary/aromatic N) is 1. The molecule has 32 heavy (non-hydrogen) atoms. The first-order chi connectivity index (χ1) is 15.4. The number of hydrogen-bond donors (Lipinski definition) is 2. The van der Waals surface area contributed by atoms with Crippen molar-refractivity contribution in [3.05, 3.63) is 110 Å². The highest BCUT2D eigenvalue weighted by atomic mass is 35.5. The second-order valence-electron chi connectivity index (χ2n) is 6.99. The Morgan fingerprint density at radius 2 is 1.62 bits per heavy atom. The third-order valence-corrected chi connectivity index (χ3v) is 5.43. The average molecular weight is 467 g/mol. The van der Waals surface area contributed by atoms with E-state index >= 15 is 0 Å². The molecule has 0 saturated carbocycles. The Kier molecular flexibility index (Phi) is 5.99. The number of hydrogen-bond acceptors (Lipinski definition) is 3. The third-order valence-electron chi connectivity index (χ3n) is 4.96. The molecule has 0 atom stereocenters. The molecule has 0 spiro atoms. The minimum absolute atomic E-state index is 0.0495. The first-order valence-electron chi connectivity index (χ1n) is 9.56. The van der Waals surface area contributed by atoms with Crippen molar-refractivity contribution in [3.8, 4) is 5.69 Å². The van der Waals surface area contributed by atoms with Crippen molar-refractivity contribution in [1.29, 1.82) is 0 Å². The van der Waals surface area contributed by atoms with Gasteiger partial charge in [-0.25, -0.2) is 4.79 Å². The van der Waals surface area contributed by atoms with E-state index < -0.39 is 17.3 Å². The van der Waals surface area contributed by atoms with E-state index in [1.165, 1.54) is 10.6 Å². The van der Waals surface area contributed by atoms with Crippen molar-refractivity contribution >= 4 is 46.0 Å². The normalized spacial score (nSPS) is 10.8. The van der Waals surface area contributed by atoms with Crippen molar-refractivity contribution in [2.24, 2.45) is 0 Å². The van der Waals surface area contributed by atoms with E-state index in [4.69, 9.17) is 23.2 Å². The van der Waals surface area contributed by atoms with Crippen LogP contribution in [0, 0.1) is 0 Å². The lowest BCUT2D eigenvalue weighted by atomic mass is 10.1. The Hall–Kier alpha value is -3.61. The molecule has 0 bridgehead atoms. The molecule has 2 N–H and O–H groups in total. The Balaban J connectivity index is 1.90. The van der Waals surface area contributed by atoms with Crippen molar-refractivity contribution in [1.82, 2.24) is 9.88 Å². The predicted molar refractivity (Wildman–Crippen MR) is 124 cm³/mol. The molecule has 0 aliphatic carbocycles. The van der Waals surface area contributed by atoms with Gasteiger partial charge in [0.25, 0.3) is 5.91 Å². The molecular weight excluding hydrogens is 451 g/mol. The van der Waals surface area contributed by atoms with Crippen LogP contribution in [0.1, 0.15) is 26.4 Å². The Morgan fingerprint density at radius 1 is 0.906 bits per heavy atom. The van der Waals surface area contributed by atoms with E-state index in [0.29, 0.717) is 26.8 Å². The quantitative estimate of drug-likeness (QED) is 0.436. The highest BCUT2D eigenvalue weighted by Gasteiger charge is 2.23. The van der Waals surface area contributed by atoms with Crippen LogP contribution < -0.4 is 10.7 Å². The largest absolute Gasteiger partial charge is 0.477 e. The molecule has 6 nitrogen and oxygen atoms in total. The highest BCUT2D eigenvalue weighted by Crippen LogP contribution is 2.25. The van der Waals surface area contributed by atoms with Crippen LogP contribution in [0.3, 0.4) is 0 Å². The lowest BCUT2D eigenvalue weighted by Gasteiger charge is -2.19. The minimum Gasteiger partial charge on any atom is -0.477 e. The maximum atomic E-state index is 13.3. The standard InChI is InChI=1S/C24H16Cl2N2O4/c25-15-6-4-5-14(11-15)23(30)27-13-19-21(24(31)32)28(17-7-2-1-3-8-17)20-12-16(26)9-10-18(20)22(19)29/h1-12H,13H2,(H,27,30)(H,31,32). The van der Waals surface area contributed by atoms with Crippen LogP contribution in [-0.4, -0.2) is 21.6 Å². The number of amides is 1. The van der Waals surface area contributed by atoms with Gasteiger partial charge in [0.1, 0.15) is 5.69 Å². The minimum atomic E-state index is -1.31. The zero-order chi connectivity index (χ0) is 22.8. The van der Waals surface area contributed by atoms with Gasteiger partial charge in [-0.05, 0) is 48.5 Å². The molecule has 1 amide bonds. The van der Waals surface area contributed by atoms with Gasteiger partial charge in [0.15, 0.2) is 5.43 Å². The smallest absolute Gasteiger partial charge is 0.353 e. The third kappa shape index (κ3) is 4.10. The Labute approximate surface area is 192 Å². The van der Waals surface area contributed by atoms with E-state index in [1.807, 2.05) is 0 Å². The summed E-state index contributed by atoms with van der Waals surface area (Å²) in [5, 5.41) is 13.7. The van der Waals surface area contributed by atoms with Crippen molar-refractivity contribution in [2.45, 2.75) is 6.54 Å². The molecule has 0 radical (unpaired) electrons. The molecule has 4 rings (SSSR count). The fraction of sp³-hybridized carbons (Fsp3) is 0.0417. The summed E-state index contributed by atoms with van der Waals surface area (Å²) in [6.45, 7) is -0.281. The van der Waals surface area contributed by atoms with Crippen LogP contribution >= 0.6 is 23.2 Å². The van der Waals surface area contributed by atoms with E-state index in [1.54, 1.807) is 66.7 Å². The summed E-state index contributed by atoms with van der Waals surface area (Å²) in [7, 11) is 0. The number of pyridine rings is 1. The molecule has 0 saturated heterocycles. The number of fused-ring (bicyclic) bond motifs is 1. The van der Waals surface area contributed by atoms with Crippen molar-refractivity contribution in [2.75, 3.05) is 0 Å². The molecule has 160 valence electrons. The van der Waals surface area contributed by atoms with E-state index in [-0.39, 0.29) is 23.2 Å². The topological polar surface area (TPSA) is 88.4 Å². The number of carboxylic acid groups (broad SMARTS) is 1. The van der Waals surface area contributed by atoms with Gasteiger partial charge < -0.3 is 15.0 Å². The van der Waals surface area contributed by atoms with Gasteiger partial charge in [0.2, 0.25) is 0 Å². The Morgan fingerprint density at radius 3 is 2.31 bits per heavy atom. The lowest BCUT2D eigenvalue weighted by Crippen LogP contribution is -2.30. The molecule has 0 fully saturated rings. The zero-order valence-electron chi connectivity index (χ0n) is 16.5. The number of carboxylic acids is 1. The molecule has 3 aromatic carbocycles. The number of benzene rings is 3. The molecule has 0 aliphatic rings. The summed E-state index contributed by atoms with van der Waals surface area (Å²) in [5.74, 6) is -1.79. The second kappa shape index (κ2) is 8.86. The fourth-order valence-corrected chi connectivity index (χ4v) is 3.90. The van der Waals surface area contributed by atoms with E-state index in [9.17, 15) is 19.5 Å².